The molecule has 1 aliphatic carbocycles. The van der Waals surface area contributed by atoms with Crippen LogP contribution in [0.25, 0.3) is 0 Å². The molecule has 1 N–H and O–H groups in total. The number of carbonyl (C=O) groups is 1. The zero-order valence-electron chi connectivity index (χ0n) is 9.79. The minimum atomic E-state index is -0.0633. The van der Waals surface area contributed by atoms with E-state index in [-0.39, 0.29) is 5.91 Å². The van der Waals surface area contributed by atoms with Gasteiger partial charge in [-0.2, -0.15) is 0 Å². The molecule has 1 aromatic heterocycles. The molecule has 0 bridgehead atoms. The van der Waals surface area contributed by atoms with E-state index in [2.05, 4.69) is 5.32 Å². The summed E-state index contributed by atoms with van der Waals surface area (Å²) in [6.45, 7) is 2.02. The van der Waals surface area contributed by atoms with Gasteiger partial charge in [0.1, 0.15) is 5.76 Å². The van der Waals surface area contributed by atoms with Crippen LogP contribution in [0, 0.1) is 0 Å². The molecule has 1 saturated carbocycles. The van der Waals surface area contributed by atoms with Gasteiger partial charge in [-0.1, -0.05) is 26.2 Å². The summed E-state index contributed by atoms with van der Waals surface area (Å²) in [5, 5.41) is 3.04. The van der Waals surface area contributed by atoms with Gasteiger partial charge in [0.25, 0.3) is 5.91 Å². The van der Waals surface area contributed by atoms with Crippen LogP contribution in [0.1, 0.15) is 55.3 Å². The van der Waals surface area contributed by atoms with Crippen LogP contribution < -0.4 is 5.32 Å². The molecule has 0 spiro atoms. The fraction of sp³-hybridized carbons (Fsp3) is 0.615. The normalized spacial score (nSPS) is 17.3. The van der Waals surface area contributed by atoms with Gasteiger partial charge in [0.05, 0.1) is 0 Å². The molecule has 0 aromatic carbocycles. The van der Waals surface area contributed by atoms with Crippen LogP contribution in [0.2, 0.25) is 0 Å². The van der Waals surface area contributed by atoms with Crippen LogP contribution >= 0.6 is 0 Å². The van der Waals surface area contributed by atoms with E-state index < -0.39 is 0 Å². The third kappa shape index (κ3) is 2.65. The SMILES string of the molecule is CCc1ccc(C(=O)NC2CCCCC2)o1. The zero-order valence-corrected chi connectivity index (χ0v) is 9.79. The summed E-state index contributed by atoms with van der Waals surface area (Å²) >= 11 is 0. The lowest BCUT2D eigenvalue weighted by Crippen LogP contribution is -2.35. The van der Waals surface area contributed by atoms with Gasteiger partial charge in [-0.05, 0) is 25.0 Å². The minimum absolute atomic E-state index is 0.0633. The van der Waals surface area contributed by atoms with Crippen LogP contribution in [0.5, 0.6) is 0 Å². The maximum atomic E-state index is 11.8. The van der Waals surface area contributed by atoms with E-state index >= 15 is 0 Å². The quantitative estimate of drug-likeness (QED) is 0.852. The highest BCUT2D eigenvalue weighted by Gasteiger charge is 2.18. The van der Waals surface area contributed by atoms with E-state index in [0.29, 0.717) is 11.8 Å². The van der Waals surface area contributed by atoms with Crippen molar-refractivity contribution in [3.8, 4) is 0 Å². The monoisotopic (exact) mass is 221 g/mol. The summed E-state index contributed by atoms with van der Waals surface area (Å²) in [5.74, 6) is 1.25. The molecule has 88 valence electrons. The number of amides is 1. The van der Waals surface area contributed by atoms with Crippen molar-refractivity contribution >= 4 is 5.91 Å². The molecule has 0 radical (unpaired) electrons. The average molecular weight is 221 g/mol. The Hall–Kier alpha value is -1.25. The second-order valence-corrected chi connectivity index (χ2v) is 4.43. The van der Waals surface area contributed by atoms with Gasteiger partial charge in [0.2, 0.25) is 0 Å². The van der Waals surface area contributed by atoms with Gasteiger partial charge >= 0.3 is 0 Å². The summed E-state index contributed by atoms with van der Waals surface area (Å²) < 4.78 is 5.42. The van der Waals surface area contributed by atoms with Crippen LogP contribution in [0.15, 0.2) is 16.5 Å². The highest BCUT2D eigenvalue weighted by molar-refractivity contribution is 5.91. The largest absolute Gasteiger partial charge is 0.456 e. The first-order valence-corrected chi connectivity index (χ1v) is 6.19. The summed E-state index contributed by atoms with van der Waals surface area (Å²) in [6, 6.07) is 3.98. The van der Waals surface area contributed by atoms with Crippen molar-refractivity contribution in [1.29, 1.82) is 0 Å². The smallest absolute Gasteiger partial charge is 0.287 e. The molecule has 1 fully saturated rings. The van der Waals surface area contributed by atoms with Crippen molar-refractivity contribution in [2.24, 2.45) is 0 Å². The lowest BCUT2D eigenvalue weighted by atomic mass is 9.95. The number of hydrogen-bond acceptors (Lipinski definition) is 2. The number of carbonyl (C=O) groups excluding carboxylic acids is 1. The predicted molar refractivity (Wildman–Crippen MR) is 62.4 cm³/mol. The lowest BCUT2D eigenvalue weighted by molar-refractivity contribution is 0.0898. The number of aryl methyl sites for hydroxylation is 1. The van der Waals surface area contributed by atoms with Crippen molar-refractivity contribution in [3.63, 3.8) is 0 Å². The van der Waals surface area contributed by atoms with E-state index in [4.69, 9.17) is 4.42 Å². The standard InChI is InChI=1S/C13H19NO2/c1-2-11-8-9-12(16-11)13(15)14-10-6-4-3-5-7-10/h8-10H,2-7H2,1H3,(H,14,15). The Morgan fingerprint density at radius 1 is 1.38 bits per heavy atom. The predicted octanol–water partition coefficient (Wildman–Crippen LogP) is 2.90. The Morgan fingerprint density at radius 2 is 2.12 bits per heavy atom. The molecule has 2 rings (SSSR count). The third-order valence-corrected chi connectivity index (χ3v) is 3.17. The number of hydrogen-bond donors (Lipinski definition) is 1. The van der Waals surface area contributed by atoms with Crippen molar-refractivity contribution in [2.45, 2.75) is 51.5 Å². The molecule has 0 atom stereocenters. The van der Waals surface area contributed by atoms with Crippen LogP contribution in [-0.2, 0) is 6.42 Å². The van der Waals surface area contributed by atoms with E-state index in [9.17, 15) is 4.79 Å². The number of rotatable bonds is 3. The van der Waals surface area contributed by atoms with E-state index in [1.807, 2.05) is 13.0 Å². The van der Waals surface area contributed by atoms with Gasteiger partial charge in [-0.3, -0.25) is 4.79 Å². The second kappa shape index (κ2) is 5.19. The Labute approximate surface area is 96.2 Å². The van der Waals surface area contributed by atoms with Crippen LogP contribution in [0.4, 0.5) is 0 Å². The zero-order chi connectivity index (χ0) is 11.4. The molecular weight excluding hydrogens is 202 g/mol. The molecule has 1 aliphatic rings. The minimum Gasteiger partial charge on any atom is -0.456 e. The first-order valence-electron chi connectivity index (χ1n) is 6.19. The molecule has 1 amide bonds. The van der Waals surface area contributed by atoms with Crippen molar-refractivity contribution in [2.75, 3.05) is 0 Å². The van der Waals surface area contributed by atoms with E-state index in [1.54, 1.807) is 6.07 Å². The molecule has 0 saturated heterocycles. The molecular formula is C13H19NO2. The third-order valence-electron chi connectivity index (χ3n) is 3.17. The molecule has 1 heterocycles. The second-order valence-electron chi connectivity index (χ2n) is 4.43. The Kier molecular flexibility index (Phi) is 3.65. The summed E-state index contributed by atoms with van der Waals surface area (Å²) in [6.07, 6.45) is 6.79. The topological polar surface area (TPSA) is 42.2 Å². The first-order chi connectivity index (χ1) is 7.79. The summed E-state index contributed by atoms with van der Waals surface area (Å²) in [5.41, 5.74) is 0. The fourth-order valence-corrected chi connectivity index (χ4v) is 2.19. The maximum Gasteiger partial charge on any atom is 0.287 e. The van der Waals surface area contributed by atoms with Gasteiger partial charge in [0.15, 0.2) is 5.76 Å². The van der Waals surface area contributed by atoms with Crippen molar-refractivity contribution < 1.29 is 9.21 Å². The highest BCUT2D eigenvalue weighted by Crippen LogP contribution is 2.18. The fourth-order valence-electron chi connectivity index (χ4n) is 2.19. The molecule has 0 unspecified atom stereocenters. The van der Waals surface area contributed by atoms with Gasteiger partial charge < -0.3 is 9.73 Å². The molecule has 3 heteroatoms. The van der Waals surface area contributed by atoms with Crippen molar-refractivity contribution in [3.05, 3.63) is 23.7 Å². The van der Waals surface area contributed by atoms with Gasteiger partial charge in [-0.15, -0.1) is 0 Å². The van der Waals surface area contributed by atoms with Gasteiger partial charge in [-0.25, -0.2) is 0 Å². The van der Waals surface area contributed by atoms with Crippen LogP contribution in [-0.4, -0.2) is 11.9 Å². The van der Waals surface area contributed by atoms with E-state index in [1.165, 1.54) is 19.3 Å². The average Bonchev–Trinajstić information content (AvgIpc) is 2.79. The first kappa shape index (κ1) is 11.2. The Bertz CT molecular complexity index is 351. The molecule has 16 heavy (non-hydrogen) atoms. The van der Waals surface area contributed by atoms with E-state index in [0.717, 1.165) is 25.0 Å². The van der Waals surface area contributed by atoms with Crippen LogP contribution in [0.3, 0.4) is 0 Å². The lowest BCUT2D eigenvalue weighted by Gasteiger charge is -2.22. The molecule has 3 nitrogen and oxygen atoms in total. The van der Waals surface area contributed by atoms with Gasteiger partial charge in [0, 0.05) is 12.5 Å². The Balaban J connectivity index is 1.91. The molecule has 0 aliphatic heterocycles. The summed E-state index contributed by atoms with van der Waals surface area (Å²) in [7, 11) is 0. The Morgan fingerprint density at radius 3 is 2.75 bits per heavy atom. The molecule has 1 aromatic rings. The number of nitrogens with one attached hydrogen (secondary N) is 1. The van der Waals surface area contributed by atoms with Crippen molar-refractivity contribution in [1.82, 2.24) is 5.32 Å². The highest BCUT2D eigenvalue weighted by atomic mass is 16.3. The summed E-state index contributed by atoms with van der Waals surface area (Å²) in [4.78, 5) is 11.8. The number of furan rings is 1. The maximum absolute atomic E-state index is 11.8.